The molecule has 1 aliphatic rings. The molecule has 2 N–H and O–H groups in total. The Morgan fingerprint density at radius 2 is 1.73 bits per heavy atom. The van der Waals surface area contributed by atoms with E-state index in [2.05, 4.69) is 73.7 Å². The van der Waals surface area contributed by atoms with Crippen LogP contribution in [0.1, 0.15) is 56.9 Å². The molecule has 0 amide bonds. The van der Waals surface area contributed by atoms with Crippen molar-refractivity contribution in [1.82, 2.24) is 0 Å². The highest BCUT2D eigenvalue weighted by atomic mass is 14.5. The maximum Gasteiger partial charge on any atom is 0.133 e. The number of fused-ring (bicyclic) bond motifs is 3. The molecular weight excluding hydrogens is 313 g/mol. The van der Waals surface area contributed by atoms with Gasteiger partial charge in [0.25, 0.3) is 0 Å². The molecule has 0 heterocycles. The van der Waals surface area contributed by atoms with Crippen LogP contribution in [0.25, 0.3) is 34.1 Å². The summed E-state index contributed by atoms with van der Waals surface area (Å²) >= 11 is 0. The zero-order chi connectivity index (χ0) is 19.2. The minimum Gasteiger partial charge on any atom is -0.327 e. The lowest BCUT2D eigenvalue weighted by Crippen LogP contribution is -2.19. The second-order valence-corrected chi connectivity index (χ2v) is 8.25. The van der Waals surface area contributed by atoms with Gasteiger partial charge in [-0.15, -0.1) is 5.47 Å². The van der Waals surface area contributed by atoms with E-state index in [1.165, 1.54) is 65.7 Å². The monoisotopic (exact) mass is 343 g/mol. The molecule has 0 atom stereocenters. The molecule has 0 radical (unpaired) electrons. The van der Waals surface area contributed by atoms with Crippen LogP contribution in [0.5, 0.6) is 0 Å². The van der Waals surface area contributed by atoms with Gasteiger partial charge in [0.2, 0.25) is 0 Å². The average molecular weight is 343 g/mol. The van der Waals surface area contributed by atoms with E-state index < -0.39 is 0 Å². The number of allylic oxidation sites excluding steroid dienone is 2. The van der Waals surface area contributed by atoms with Crippen LogP contribution in [0.4, 0.5) is 0 Å². The summed E-state index contributed by atoms with van der Waals surface area (Å²) in [6.07, 6.45) is 5.75. The van der Waals surface area contributed by atoms with E-state index in [0.717, 1.165) is 6.42 Å². The van der Waals surface area contributed by atoms with Gasteiger partial charge in [-0.25, -0.2) is 0 Å². The van der Waals surface area contributed by atoms with Crippen LogP contribution in [-0.2, 0) is 6.42 Å². The predicted molar refractivity (Wildman–Crippen MR) is 120 cm³/mol. The molecular formula is C24H30BN. The molecule has 0 fully saturated rings. The van der Waals surface area contributed by atoms with Crippen LogP contribution in [0, 0.1) is 6.92 Å². The van der Waals surface area contributed by atoms with E-state index in [9.17, 15) is 0 Å². The highest BCUT2D eigenvalue weighted by molar-refractivity contribution is 6.24. The van der Waals surface area contributed by atoms with Crippen LogP contribution in [0.15, 0.2) is 23.2 Å². The summed E-state index contributed by atoms with van der Waals surface area (Å²) in [6, 6.07) is 4.79. The third kappa shape index (κ3) is 3.08. The topological polar surface area (TPSA) is 26.0 Å². The summed E-state index contributed by atoms with van der Waals surface area (Å²) in [4.78, 5) is 0. The van der Waals surface area contributed by atoms with Gasteiger partial charge >= 0.3 is 0 Å². The fourth-order valence-electron chi connectivity index (χ4n) is 4.16. The van der Waals surface area contributed by atoms with E-state index in [1.54, 1.807) is 0 Å². The van der Waals surface area contributed by atoms with Crippen LogP contribution < -0.4 is 16.2 Å². The lowest BCUT2D eigenvalue weighted by Gasteiger charge is -2.15. The minimum absolute atomic E-state index is 0.605. The first-order valence-electron chi connectivity index (χ1n) is 9.53. The Hall–Kier alpha value is -2.06. The maximum absolute atomic E-state index is 6.02. The predicted octanol–water partition coefficient (Wildman–Crippen LogP) is 3.42. The van der Waals surface area contributed by atoms with E-state index in [4.69, 9.17) is 5.73 Å². The molecule has 2 heteroatoms. The van der Waals surface area contributed by atoms with Gasteiger partial charge in [-0.1, -0.05) is 35.8 Å². The smallest absolute Gasteiger partial charge is 0.133 e. The molecule has 0 unspecified atom stereocenters. The van der Waals surface area contributed by atoms with Crippen LogP contribution in [0.3, 0.4) is 0 Å². The van der Waals surface area contributed by atoms with Gasteiger partial charge in [-0.3, -0.25) is 0 Å². The third-order valence-electron chi connectivity index (χ3n) is 5.49. The van der Waals surface area contributed by atoms with Gasteiger partial charge in [0.15, 0.2) is 0 Å². The normalized spacial score (nSPS) is 15.2. The number of benzene rings is 2. The van der Waals surface area contributed by atoms with Crippen molar-refractivity contribution in [2.24, 2.45) is 5.73 Å². The largest absolute Gasteiger partial charge is 0.327 e. The van der Waals surface area contributed by atoms with Crippen molar-refractivity contribution in [2.45, 2.75) is 48.0 Å². The van der Waals surface area contributed by atoms with Gasteiger partial charge < -0.3 is 5.73 Å². The Morgan fingerprint density at radius 1 is 1.08 bits per heavy atom. The fourth-order valence-corrected chi connectivity index (χ4v) is 4.16. The van der Waals surface area contributed by atoms with Gasteiger partial charge in [-0.2, -0.15) is 0 Å². The molecule has 2 aromatic rings. The molecule has 0 bridgehead atoms. The first-order valence-corrected chi connectivity index (χ1v) is 9.53. The lowest BCUT2D eigenvalue weighted by atomic mass is 9.87. The molecule has 26 heavy (non-hydrogen) atoms. The van der Waals surface area contributed by atoms with Crippen LogP contribution in [0.2, 0.25) is 0 Å². The Morgan fingerprint density at radius 3 is 2.31 bits per heavy atom. The van der Waals surface area contributed by atoms with Gasteiger partial charge in [0.1, 0.15) is 7.85 Å². The fraction of sp³-hybridized carbons (Fsp3) is 0.333. The second-order valence-electron chi connectivity index (χ2n) is 8.25. The number of nitrogens with two attached hydrogens (primary N) is 1. The summed E-state index contributed by atoms with van der Waals surface area (Å²) in [5.41, 5.74) is 17.0. The molecule has 134 valence electrons. The number of hydrogen-bond donors (Lipinski definition) is 1. The SMILES string of the molecule is B/C(C)=C/c1c(C)c(=C(C)C)cc2c3c(/c(=C(/C)CN)cc12)CC(C)=C3. The lowest BCUT2D eigenvalue weighted by molar-refractivity contribution is 1.16. The quantitative estimate of drug-likeness (QED) is 0.831. The molecule has 0 aromatic heterocycles. The molecule has 0 spiro atoms. The maximum atomic E-state index is 6.02. The first-order chi connectivity index (χ1) is 12.2. The Kier molecular flexibility index (Phi) is 4.99. The summed E-state index contributed by atoms with van der Waals surface area (Å²) in [7, 11) is 2.18. The van der Waals surface area contributed by atoms with Crippen LogP contribution in [-0.4, -0.2) is 14.4 Å². The van der Waals surface area contributed by atoms with Gasteiger partial charge in [0.05, 0.1) is 0 Å². The second kappa shape index (κ2) is 6.93. The molecule has 1 aliphatic carbocycles. The standard InChI is InChI=1S/C24H30BN/c1-13(2)18-10-24-22-8-14(3)7-21(22)19(15(4)12-26)11-23(24)20(17(18)6)9-16(5)25/h8-11H,7,12,25-26H2,1-6H3/b16-9+,19-15-. The van der Waals surface area contributed by atoms with Crippen molar-refractivity contribution >= 4 is 41.9 Å². The van der Waals surface area contributed by atoms with Crippen molar-refractivity contribution in [3.8, 4) is 0 Å². The highest BCUT2D eigenvalue weighted by Gasteiger charge is 2.18. The van der Waals surface area contributed by atoms with E-state index >= 15 is 0 Å². The van der Waals surface area contributed by atoms with Crippen LogP contribution >= 0.6 is 0 Å². The molecule has 1 nitrogen and oxygen atoms in total. The zero-order valence-electron chi connectivity index (χ0n) is 17.3. The van der Waals surface area contributed by atoms with Gasteiger partial charge in [0, 0.05) is 6.54 Å². The summed E-state index contributed by atoms with van der Waals surface area (Å²) in [5, 5.41) is 5.44. The number of hydrogen-bond acceptors (Lipinski definition) is 1. The molecule has 0 saturated heterocycles. The summed E-state index contributed by atoms with van der Waals surface area (Å²) in [5.74, 6) is 0. The minimum atomic E-state index is 0.605. The number of rotatable bonds is 2. The van der Waals surface area contributed by atoms with Crippen molar-refractivity contribution in [3.05, 3.63) is 55.9 Å². The summed E-state index contributed by atoms with van der Waals surface area (Å²) in [6.45, 7) is 13.9. The molecule has 0 aliphatic heterocycles. The highest BCUT2D eigenvalue weighted by Crippen LogP contribution is 2.32. The van der Waals surface area contributed by atoms with Gasteiger partial charge in [-0.05, 0) is 96.6 Å². The molecule has 3 rings (SSSR count). The summed E-state index contributed by atoms with van der Waals surface area (Å²) < 4.78 is 0. The van der Waals surface area contributed by atoms with Crippen molar-refractivity contribution in [3.63, 3.8) is 0 Å². The Bertz CT molecular complexity index is 1090. The van der Waals surface area contributed by atoms with E-state index in [0.29, 0.717) is 6.54 Å². The van der Waals surface area contributed by atoms with E-state index in [-0.39, 0.29) is 0 Å². The first kappa shape index (κ1) is 18.7. The molecule has 0 saturated carbocycles. The van der Waals surface area contributed by atoms with Crippen molar-refractivity contribution < 1.29 is 0 Å². The zero-order valence-corrected chi connectivity index (χ0v) is 17.3. The Labute approximate surface area is 158 Å². The third-order valence-corrected chi connectivity index (χ3v) is 5.49. The van der Waals surface area contributed by atoms with Crippen molar-refractivity contribution in [1.29, 1.82) is 0 Å². The van der Waals surface area contributed by atoms with Crippen molar-refractivity contribution in [2.75, 3.05) is 6.54 Å². The molecule has 2 aromatic carbocycles. The van der Waals surface area contributed by atoms with E-state index in [1.807, 2.05) is 0 Å². The Balaban J connectivity index is 2.66. The average Bonchev–Trinajstić information content (AvgIpc) is 2.96.